The second-order valence-corrected chi connectivity index (χ2v) is 6.95. The van der Waals surface area contributed by atoms with Crippen LogP contribution in [0, 0.1) is 0 Å². The minimum Gasteiger partial charge on any atom is -0.462 e. The molecule has 0 saturated heterocycles. The van der Waals surface area contributed by atoms with Gasteiger partial charge in [-0.2, -0.15) is 0 Å². The molecule has 0 unspecified atom stereocenters. The van der Waals surface area contributed by atoms with Crippen molar-refractivity contribution < 1.29 is 19.1 Å². The van der Waals surface area contributed by atoms with E-state index in [2.05, 4.69) is 6.07 Å². The third-order valence-electron chi connectivity index (χ3n) is 4.92. The molecule has 0 saturated carbocycles. The Morgan fingerprint density at radius 1 is 0.769 bits per heavy atom. The lowest BCUT2D eigenvalue weighted by molar-refractivity contribution is 0.0477. The number of esters is 2. The number of hydrogen-bond donors (Lipinski definition) is 0. The van der Waals surface area contributed by atoms with Crippen LogP contribution >= 0.6 is 0 Å². The molecule has 26 heavy (non-hydrogen) atoms. The van der Waals surface area contributed by atoms with E-state index in [-0.39, 0.29) is 0 Å². The highest BCUT2D eigenvalue weighted by atomic mass is 16.5. The van der Waals surface area contributed by atoms with Crippen LogP contribution in [-0.4, -0.2) is 25.2 Å². The molecule has 0 spiro atoms. The number of aryl methyl sites for hydroxylation is 2. The zero-order valence-electron chi connectivity index (χ0n) is 16.3. The topological polar surface area (TPSA) is 52.6 Å². The Labute approximate surface area is 157 Å². The van der Waals surface area contributed by atoms with Crippen molar-refractivity contribution in [3.63, 3.8) is 0 Å². The molecular formula is C22H32O4. The van der Waals surface area contributed by atoms with E-state index in [4.69, 9.17) is 9.47 Å². The van der Waals surface area contributed by atoms with E-state index < -0.39 is 11.9 Å². The van der Waals surface area contributed by atoms with Crippen molar-refractivity contribution in [2.24, 2.45) is 0 Å². The Hall–Kier alpha value is -1.84. The van der Waals surface area contributed by atoms with Crippen LogP contribution in [0.4, 0.5) is 0 Å². The number of benzene rings is 1. The van der Waals surface area contributed by atoms with Crippen molar-refractivity contribution in [3.05, 3.63) is 34.4 Å². The molecule has 0 aromatic heterocycles. The monoisotopic (exact) mass is 360 g/mol. The fourth-order valence-electron chi connectivity index (χ4n) is 3.63. The zero-order valence-corrected chi connectivity index (χ0v) is 16.3. The SMILES string of the molecule is CCOC(=O)c1cc2cc(c1C(=O)OCC)CCCCCCCCCC2. The summed E-state index contributed by atoms with van der Waals surface area (Å²) in [5.41, 5.74) is 2.83. The summed E-state index contributed by atoms with van der Waals surface area (Å²) in [4.78, 5) is 25.1. The molecule has 2 rings (SSSR count). The summed E-state index contributed by atoms with van der Waals surface area (Å²) in [5, 5.41) is 0. The molecule has 4 heteroatoms. The van der Waals surface area contributed by atoms with Crippen LogP contribution in [0.2, 0.25) is 0 Å². The number of hydrogen-bond acceptors (Lipinski definition) is 4. The summed E-state index contributed by atoms with van der Waals surface area (Å²) in [6.07, 6.45) is 11.3. The number of rotatable bonds is 4. The number of fused-ring (bicyclic) bond motifs is 2. The van der Waals surface area contributed by atoms with E-state index in [1.165, 1.54) is 32.1 Å². The predicted molar refractivity (Wildman–Crippen MR) is 103 cm³/mol. The minimum absolute atomic E-state index is 0.292. The van der Waals surface area contributed by atoms with Crippen LogP contribution in [0.1, 0.15) is 97.1 Å². The molecular weight excluding hydrogens is 328 g/mol. The highest BCUT2D eigenvalue weighted by Gasteiger charge is 2.24. The Morgan fingerprint density at radius 2 is 1.31 bits per heavy atom. The normalized spacial score (nSPS) is 15.9. The lowest BCUT2D eigenvalue weighted by Gasteiger charge is -2.16. The summed E-state index contributed by atoms with van der Waals surface area (Å²) in [6, 6.07) is 3.94. The number of carbonyl (C=O) groups excluding carboxylic acids is 2. The van der Waals surface area contributed by atoms with Crippen LogP contribution in [-0.2, 0) is 22.3 Å². The lowest BCUT2D eigenvalue weighted by atomic mass is 9.92. The first-order valence-electron chi connectivity index (χ1n) is 10.2. The Bertz CT molecular complexity index is 606. The summed E-state index contributed by atoms with van der Waals surface area (Å²) in [5.74, 6) is -0.843. The largest absolute Gasteiger partial charge is 0.462 e. The van der Waals surface area contributed by atoms with Crippen molar-refractivity contribution in [1.29, 1.82) is 0 Å². The Kier molecular flexibility index (Phi) is 8.66. The van der Waals surface area contributed by atoms with E-state index in [1.54, 1.807) is 13.8 Å². The van der Waals surface area contributed by atoms with Crippen molar-refractivity contribution in [1.82, 2.24) is 0 Å². The molecule has 0 heterocycles. The maximum absolute atomic E-state index is 12.6. The summed E-state index contributed by atoms with van der Waals surface area (Å²) < 4.78 is 10.5. The molecule has 0 radical (unpaired) electrons. The number of carbonyl (C=O) groups is 2. The standard InChI is InChI=1S/C22H32O4/c1-3-25-21(23)19-16-17-13-11-9-7-5-6-8-10-12-14-18(15-17)20(19)22(24)26-4-2/h15-16H,3-14H2,1-2H3. The first-order chi connectivity index (χ1) is 12.7. The summed E-state index contributed by atoms with van der Waals surface area (Å²) in [7, 11) is 0. The van der Waals surface area contributed by atoms with E-state index in [0.717, 1.165) is 43.2 Å². The van der Waals surface area contributed by atoms with Gasteiger partial charge in [0.15, 0.2) is 0 Å². The van der Waals surface area contributed by atoms with Crippen LogP contribution in [0.5, 0.6) is 0 Å². The predicted octanol–water partition coefficient (Wildman–Crippen LogP) is 5.26. The molecule has 1 aliphatic rings. The van der Waals surface area contributed by atoms with Crippen LogP contribution in [0.15, 0.2) is 12.1 Å². The first kappa shape index (κ1) is 20.5. The molecule has 0 atom stereocenters. The van der Waals surface area contributed by atoms with Gasteiger partial charge < -0.3 is 9.47 Å². The lowest BCUT2D eigenvalue weighted by Crippen LogP contribution is -2.17. The van der Waals surface area contributed by atoms with Gasteiger partial charge >= 0.3 is 11.9 Å². The van der Waals surface area contributed by atoms with Gasteiger partial charge in [-0.15, -0.1) is 0 Å². The van der Waals surface area contributed by atoms with E-state index in [9.17, 15) is 9.59 Å². The van der Waals surface area contributed by atoms with Gasteiger partial charge in [0.1, 0.15) is 0 Å². The highest BCUT2D eigenvalue weighted by molar-refractivity contribution is 6.04. The van der Waals surface area contributed by atoms with Gasteiger partial charge in [-0.25, -0.2) is 9.59 Å². The first-order valence-corrected chi connectivity index (χ1v) is 10.2. The van der Waals surface area contributed by atoms with Gasteiger partial charge in [-0.1, -0.05) is 44.6 Å². The average molecular weight is 360 g/mol. The summed E-state index contributed by atoms with van der Waals surface area (Å²) in [6.45, 7) is 4.15. The third-order valence-corrected chi connectivity index (χ3v) is 4.92. The van der Waals surface area contributed by atoms with Crippen molar-refractivity contribution in [2.75, 3.05) is 13.2 Å². The van der Waals surface area contributed by atoms with Gasteiger partial charge in [-0.05, 0) is 56.7 Å². The maximum Gasteiger partial charge on any atom is 0.339 e. The molecule has 0 N–H and O–H groups in total. The van der Waals surface area contributed by atoms with Crippen molar-refractivity contribution >= 4 is 11.9 Å². The molecule has 1 aromatic carbocycles. The quantitative estimate of drug-likeness (QED) is 0.687. The molecule has 0 fully saturated rings. The highest BCUT2D eigenvalue weighted by Crippen LogP contribution is 2.25. The molecule has 4 nitrogen and oxygen atoms in total. The van der Waals surface area contributed by atoms with Gasteiger partial charge in [0, 0.05) is 0 Å². The van der Waals surface area contributed by atoms with E-state index in [1.807, 2.05) is 6.07 Å². The molecule has 1 aliphatic carbocycles. The van der Waals surface area contributed by atoms with E-state index >= 15 is 0 Å². The smallest absolute Gasteiger partial charge is 0.339 e. The third kappa shape index (κ3) is 5.86. The van der Waals surface area contributed by atoms with Crippen LogP contribution in [0.3, 0.4) is 0 Å². The molecule has 1 aromatic rings. The average Bonchev–Trinajstić information content (AvgIpc) is 2.64. The van der Waals surface area contributed by atoms with E-state index in [0.29, 0.717) is 24.3 Å². The van der Waals surface area contributed by atoms with Gasteiger partial charge in [-0.3, -0.25) is 0 Å². The molecule has 0 aliphatic heterocycles. The zero-order chi connectivity index (χ0) is 18.8. The number of ether oxygens (including phenoxy) is 2. The second-order valence-electron chi connectivity index (χ2n) is 6.95. The minimum atomic E-state index is -0.428. The second kappa shape index (κ2) is 11.0. The Morgan fingerprint density at radius 3 is 1.92 bits per heavy atom. The van der Waals surface area contributed by atoms with Crippen molar-refractivity contribution in [2.45, 2.75) is 78.1 Å². The van der Waals surface area contributed by atoms with Gasteiger partial charge in [0.2, 0.25) is 0 Å². The molecule has 2 bridgehead atoms. The van der Waals surface area contributed by atoms with Crippen LogP contribution in [0.25, 0.3) is 0 Å². The van der Waals surface area contributed by atoms with Crippen molar-refractivity contribution in [3.8, 4) is 0 Å². The fourth-order valence-corrected chi connectivity index (χ4v) is 3.63. The fraction of sp³-hybridized carbons (Fsp3) is 0.636. The molecule has 144 valence electrons. The van der Waals surface area contributed by atoms with Gasteiger partial charge in [0.05, 0.1) is 24.3 Å². The van der Waals surface area contributed by atoms with Gasteiger partial charge in [0.25, 0.3) is 0 Å². The Balaban J connectivity index is 2.43. The molecule has 0 amide bonds. The summed E-state index contributed by atoms with van der Waals surface area (Å²) >= 11 is 0. The van der Waals surface area contributed by atoms with Crippen LogP contribution < -0.4 is 0 Å². The maximum atomic E-state index is 12.6.